The second-order valence-corrected chi connectivity index (χ2v) is 7.74. The Morgan fingerprint density at radius 3 is 1.13 bits per heavy atom. The molecule has 0 heterocycles. The van der Waals surface area contributed by atoms with Gasteiger partial charge in [-0.05, 0) is 28.7 Å². The SMILES string of the molecule is O=C(Cc1ccccc1)c1ccc(Cc2ccc(C(=O)Cc3ccccc3)cc2)cc1. The van der Waals surface area contributed by atoms with Gasteiger partial charge >= 0.3 is 0 Å². The Hall–Kier alpha value is -3.78. The van der Waals surface area contributed by atoms with Crippen LogP contribution in [0.4, 0.5) is 0 Å². The zero-order valence-corrected chi connectivity index (χ0v) is 17.3. The standard InChI is InChI=1S/C29H24O2/c30-28(20-22-7-3-1-4-8-22)26-15-11-24(12-16-26)19-25-13-17-27(18-14-25)29(31)21-23-9-5-2-6-10-23/h1-18H,19-21H2. The molecule has 0 fully saturated rings. The lowest BCUT2D eigenvalue weighted by molar-refractivity contribution is 0.0985. The van der Waals surface area contributed by atoms with Crippen molar-refractivity contribution in [2.75, 3.05) is 0 Å². The summed E-state index contributed by atoms with van der Waals surface area (Å²) in [6, 6.07) is 35.2. The van der Waals surface area contributed by atoms with Crippen LogP contribution in [0.3, 0.4) is 0 Å². The minimum absolute atomic E-state index is 0.124. The number of hydrogen-bond donors (Lipinski definition) is 0. The predicted molar refractivity (Wildman–Crippen MR) is 125 cm³/mol. The van der Waals surface area contributed by atoms with E-state index < -0.39 is 0 Å². The van der Waals surface area contributed by atoms with E-state index in [1.54, 1.807) is 0 Å². The molecule has 0 spiro atoms. The van der Waals surface area contributed by atoms with Crippen molar-refractivity contribution in [2.45, 2.75) is 19.3 Å². The molecule has 0 bridgehead atoms. The molecule has 0 saturated heterocycles. The molecule has 0 aliphatic heterocycles. The molecule has 31 heavy (non-hydrogen) atoms. The molecule has 0 aliphatic rings. The fourth-order valence-electron chi connectivity index (χ4n) is 3.62. The summed E-state index contributed by atoms with van der Waals surface area (Å²) in [5, 5.41) is 0. The van der Waals surface area contributed by atoms with Crippen molar-refractivity contribution in [3.8, 4) is 0 Å². The van der Waals surface area contributed by atoms with Gasteiger partial charge in [0.25, 0.3) is 0 Å². The lowest BCUT2D eigenvalue weighted by atomic mass is 9.98. The molecule has 0 amide bonds. The van der Waals surface area contributed by atoms with E-state index in [2.05, 4.69) is 0 Å². The molecule has 4 rings (SSSR count). The molecular formula is C29H24O2. The van der Waals surface area contributed by atoms with E-state index in [1.807, 2.05) is 109 Å². The smallest absolute Gasteiger partial charge is 0.167 e. The largest absolute Gasteiger partial charge is 0.294 e. The van der Waals surface area contributed by atoms with Gasteiger partial charge in [0, 0.05) is 24.0 Å². The third kappa shape index (κ3) is 5.64. The summed E-state index contributed by atoms with van der Waals surface area (Å²) in [6.07, 6.45) is 1.59. The summed E-state index contributed by atoms with van der Waals surface area (Å²) in [5.74, 6) is 0.248. The Morgan fingerprint density at radius 1 is 0.419 bits per heavy atom. The lowest BCUT2D eigenvalue weighted by Gasteiger charge is -2.06. The van der Waals surface area contributed by atoms with Crippen LogP contribution in [-0.2, 0) is 19.3 Å². The van der Waals surface area contributed by atoms with Gasteiger partial charge in [0.15, 0.2) is 11.6 Å². The van der Waals surface area contributed by atoms with Crippen LogP contribution < -0.4 is 0 Å². The maximum Gasteiger partial charge on any atom is 0.167 e. The topological polar surface area (TPSA) is 34.1 Å². The van der Waals surface area contributed by atoms with Crippen LogP contribution in [0.5, 0.6) is 0 Å². The maximum atomic E-state index is 12.5. The molecular weight excluding hydrogens is 380 g/mol. The number of hydrogen-bond acceptors (Lipinski definition) is 2. The first-order valence-corrected chi connectivity index (χ1v) is 10.5. The number of rotatable bonds is 8. The average molecular weight is 405 g/mol. The van der Waals surface area contributed by atoms with Crippen LogP contribution in [0.2, 0.25) is 0 Å². The molecule has 2 nitrogen and oxygen atoms in total. The second-order valence-electron chi connectivity index (χ2n) is 7.74. The summed E-state index contributed by atoms with van der Waals surface area (Å²) in [4.78, 5) is 25.0. The van der Waals surface area contributed by atoms with Gasteiger partial charge in [0.1, 0.15) is 0 Å². The first-order valence-electron chi connectivity index (χ1n) is 10.5. The van der Waals surface area contributed by atoms with Crippen molar-refractivity contribution < 1.29 is 9.59 Å². The number of carbonyl (C=O) groups is 2. The Labute approximate surface area is 183 Å². The predicted octanol–water partition coefficient (Wildman–Crippen LogP) is 6.13. The molecule has 152 valence electrons. The van der Waals surface area contributed by atoms with Crippen molar-refractivity contribution in [3.63, 3.8) is 0 Å². The van der Waals surface area contributed by atoms with Crippen LogP contribution in [0.15, 0.2) is 109 Å². The summed E-state index contributed by atoms with van der Waals surface area (Å²) >= 11 is 0. The zero-order valence-electron chi connectivity index (χ0n) is 17.3. The van der Waals surface area contributed by atoms with Crippen LogP contribution >= 0.6 is 0 Å². The van der Waals surface area contributed by atoms with E-state index in [0.717, 1.165) is 39.8 Å². The molecule has 0 N–H and O–H groups in total. The Bertz CT molecular complexity index is 1050. The highest BCUT2D eigenvalue weighted by Gasteiger charge is 2.09. The highest BCUT2D eigenvalue weighted by atomic mass is 16.1. The quantitative estimate of drug-likeness (QED) is 0.331. The number of benzene rings is 4. The summed E-state index contributed by atoms with van der Waals surface area (Å²) in [5.41, 5.74) is 5.79. The second kappa shape index (κ2) is 9.82. The normalized spacial score (nSPS) is 10.6. The minimum Gasteiger partial charge on any atom is -0.294 e. The molecule has 0 atom stereocenters. The van der Waals surface area contributed by atoms with Crippen molar-refractivity contribution in [1.29, 1.82) is 0 Å². The highest BCUT2D eigenvalue weighted by molar-refractivity contribution is 5.98. The van der Waals surface area contributed by atoms with Gasteiger partial charge < -0.3 is 0 Å². The Kier molecular flexibility index (Phi) is 6.49. The maximum absolute atomic E-state index is 12.5. The van der Waals surface area contributed by atoms with E-state index in [4.69, 9.17) is 0 Å². The number of ketones is 2. The van der Waals surface area contributed by atoms with E-state index in [9.17, 15) is 9.59 Å². The summed E-state index contributed by atoms with van der Waals surface area (Å²) in [7, 11) is 0. The van der Waals surface area contributed by atoms with Crippen LogP contribution in [-0.4, -0.2) is 11.6 Å². The summed E-state index contributed by atoms with van der Waals surface area (Å²) < 4.78 is 0. The molecule has 4 aromatic rings. The lowest BCUT2D eigenvalue weighted by Crippen LogP contribution is -2.04. The first-order chi connectivity index (χ1) is 15.2. The van der Waals surface area contributed by atoms with Crippen molar-refractivity contribution in [2.24, 2.45) is 0 Å². The van der Waals surface area contributed by atoms with Gasteiger partial charge in [0.05, 0.1) is 0 Å². The Morgan fingerprint density at radius 2 is 0.774 bits per heavy atom. The van der Waals surface area contributed by atoms with Crippen molar-refractivity contribution in [3.05, 3.63) is 143 Å². The minimum atomic E-state index is 0.124. The third-order valence-corrected chi connectivity index (χ3v) is 5.38. The summed E-state index contributed by atoms with van der Waals surface area (Å²) in [6.45, 7) is 0. The monoisotopic (exact) mass is 404 g/mol. The fraction of sp³-hybridized carbons (Fsp3) is 0.103. The van der Waals surface area contributed by atoms with Gasteiger partial charge in [0.2, 0.25) is 0 Å². The van der Waals surface area contributed by atoms with Crippen LogP contribution in [0.1, 0.15) is 43.0 Å². The molecule has 0 radical (unpaired) electrons. The molecule has 0 unspecified atom stereocenters. The van der Waals surface area contributed by atoms with Crippen LogP contribution in [0.25, 0.3) is 0 Å². The van der Waals surface area contributed by atoms with E-state index in [1.165, 1.54) is 0 Å². The van der Waals surface area contributed by atoms with E-state index >= 15 is 0 Å². The molecule has 0 saturated carbocycles. The average Bonchev–Trinajstić information content (AvgIpc) is 2.81. The zero-order chi connectivity index (χ0) is 21.5. The fourth-order valence-corrected chi connectivity index (χ4v) is 3.62. The van der Waals surface area contributed by atoms with Gasteiger partial charge in [-0.15, -0.1) is 0 Å². The van der Waals surface area contributed by atoms with Gasteiger partial charge in [-0.25, -0.2) is 0 Å². The van der Waals surface area contributed by atoms with Crippen LogP contribution in [0, 0.1) is 0 Å². The molecule has 0 aromatic heterocycles. The van der Waals surface area contributed by atoms with Gasteiger partial charge in [-0.1, -0.05) is 109 Å². The molecule has 2 heteroatoms. The van der Waals surface area contributed by atoms with Crippen molar-refractivity contribution in [1.82, 2.24) is 0 Å². The van der Waals surface area contributed by atoms with E-state index in [0.29, 0.717) is 12.8 Å². The highest BCUT2D eigenvalue weighted by Crippen LogP contribution is 2.15. The first kappa shape index (κ1) is 20.5. The molecule has 4 aromatic carbocycles. The van der Waals surface area contributed by atoms with Gasteiger partial charge in [-0.2, -0.15) is 0 Å². The number of Topliss-reactive ketones (excluding diaryl/α,β-unsaturated/α-hetero) is 2. The Balaban J connectivity index is 1.36. The molecule has 0 aliphatic carbocycles. The van der Waals surface area contributed by atoms with Gasteiger partial charge in [-0.3, -0.25) is 9.59 Å². The third-order valence-electron chi connectivity index (χ3n) is 5.38. The van der Waals surface area contributed by atoms with Crippen molar-refractivity contribution >= 4 is 11.6 Å². The number of carbonyl (C=O) groups excluding carboxylic acids is 2. The van der Waals surface area contributed by atoms with E-state index in [-0.39, 0.29) is 11.6 Å².